The second-order valence-corrected chi connectivity index (χ2v) is 6.36. The number of nitrogens with one attached hydrogen (secondary N) is 3. The van der Waals surface area contributed by atoms with Gasteiger partial charge in [-0.2, -0.15) is 0 Å². The maximum atomic E-state index is 12.1. The fraction of sp³-hybridized carbons (Fsp3) is 0.118. The third-order valence-corrected chi connectivity index (χ3v) is 4.16. The van der Waals surface area contributed by atoms with Gasteiger partial charge >= 0.3 is 6.03 Å². The number of carbonyl (C=O) groups excluding carboxylic acids is 2. The molecule has 3 N–H and O–H groups in total. The van der Waals surface area contributed by atoms with E-state index in [0.717, 1.165) is 21.5 Å². The zero-order valence-electron chi connectivity index (χ0n) is 13.2. The lowest BCUT2D eigenvalue weighted by Gasteiger charge is -2.08. The topological polar surface area (TPSA) is 83.1 Å². The van der Waals surface area contributed by atoms with Crippen molar-refractivity contribution in [2.75, 3.05) is 16.0 Å². The highest BCUT2D eigenvalue weighted by atomic mass is 32.1. The van der Waals surface area contributed by atoms with Gasteiger partial charge in [-0.15, -0.1) is 0 Å². The molecule has 3 amide bonds. The lowest BCUT2D eigenvalue weighted by Crippen LogP contribution is -2.19. The van der Waals surface area contributed by atoms with E-state index in [4.69, 9.17) is 0 Å². The number of aromatic nitrogens is 1. The molecule has 1 heterocycles. The first kappa shape index (κ1) is 15.9. The molecular weight excluding hydrogens is 324 g/mol. The number of rotatable bonds is 3. The van der Waals surface area contributed by atoms with Crippen LogP contribution in [0.1, 0.15) is 12.5 Å². The number of aryl methyl sites for hydroxylation is 1. The van der Waals surface area contributed by atoms with Crippen molar-refractivity contribution in [3.8, 4) is 0 Å². The number of nitrogens with zero attached hydrogens (tertiary/aromatic N) is 1. The molecule has 0 bridgehead atoms. The van der Waals surface area contributed by atoms with E-state index in [1.165, 1.54) is 18.3 Å². The number of carbonyl (C=O) groups is 2. The van der Waals surface area contributed by atoms with Gasteiger partial charge in [0.05, 0.1) is 10.2 Å². The van der Waals surface area contributed by atoms with Crippen LogP contribution in [0.4, 0.5) is 21.3 Å². The number of hydrogen-bond acceptors (Lipinski definition) is 4. The van der Waals surface area contributed by atoms with Crippen LogP contribution in [-0.4, -0.2) is 16.9 Å². The van der Waals surface area contributed by atoms with Gasteiger partial charge in [-0.25, -0.2) is 9.78 Å². The Morgan fingerprint density at radius 2 is 1.75 bits per heavy atom. The SMILES string of the molecule is CC(=O)Nc1nc2cc(NC(=O)Nc3cccc(C)c3)ccc2s1. The molecule has 6 nitrogen and oxygen atoms in total. The zero-order chi connectivity index (χ0) is 17.1. The lowest BCUT2D eigenvalue weighted by atomic mass is 10.2. The summed E-state index contributed by atoms with van der Waals surface area (Å²) < 4.78 is 0.934. The second kappa shape index (κ2) is 6.67. The van der Waals surface area contributed by atoms with Gasteiger partial charge in [-0.1, -0.05) is 23.5 Å². The summed E-state index contributed by atoms with van der Waals surface area (Å²) in [5.74, 6) is -0.162. The standard InChI is InChI=1S/C17H16N4O2S/c1-10-4-3-5-12(8-10)19-16(23)20-13-6-7-15-14(9-13)21-17(24-15)18-11(2)22/h3-9H,1-2H3,(H,18,21,22)(H2,19,20,23). The predicted octanol–water partition coefficient (Wildman–Crippen LogP) is 4.21. The van der Waals surface area contributed by atoms with Crippen LogP contribution < -0.4 is 16.0 Å². The number of hydrogen-bond donors (Lipinski definition) is 3. The highest BCUT2D eigenvalue weighted by molar-refractivity contribution is 7.22. The minimum atomic E-state index is -0.322. The maximum absolute atomic E-state index is 12.1. The minimum Gasteiger partial charge on any atom is -0.308 e. The Balaban J connectivity index is 1.72. The predicted molar refractivity (Wildman–Crippen MR) is 97.7 cm³/mol. The second-order valence-electron chi connectivity index (χ2n) is 5.33. The molecule has 1 aromatic heterocycles. The molecule has 0 radical (unpaired) electrons. The average molecular weight is 340 g/mol. The molecule has 0 aliphatic heterocycles. The van der Waals surface area contributed by atoms with Gasteiger partial charge in [0.25, 0.3) is 0 Å². The van der Waals surface area contributed by atoms with Gasteiger partial charge in [-0.3, -0.25) is 4.79 Å². The number of urea groups is 1. The van der Waals surface area contributed by atoms with Crippen molar-refractivity contribution in [3.05, 3.63) is 48.0 Å². The van der Waals surface area contributed by atoms with E-state index in [0.29, 0.717) is 10.8 Å². The molecule has 0 fully saturated rings. The summed E-state index contributed by atoms with van der Waals surface area (Å²) >= 11 is 1.39. The number of anilines is 3. The molecule has 122 valence electrons. The summed E-state index contributed by atoms with van der Waals surface area (Å²) in [5.41, 5.74) is 3.15. The van der Waals surface area contributed by atoms with Gasteiger partial charge in [0.2, 0.25) is 5.91 Å². The van der Waals surface area contributed by atoms with Crippen molar-refractivity contribution in [2.24, 2.45) is 0 Å². The van der Waals surface area contributed by atoms with Gasteiger partial charge in [0.1, 0.15) is 0 Å². The number of thiazole rings is 1. The maximum Gasteiger partial charge on any atom is 0.323 e. The molecule has 7 heteroatoms. The van der Waals surface area contributed by atoms with E-state index in [-0.39, 0.29) is 11.9 Å². The van der Waals surface area contributed by atoms with Crippen molar-refractivity contribution < 1.29 is 9.59 Å². The van der Waals surface area contributed by atoms with Crippen LogP contribution in [0.5, 0.6) is 0 Å². The van der Waals surface area contributed by atoms with E-state index >= 15 is 0 Å². The quantitative estimate of drug-likeness (QED) is 0.668. The first-order valence-corrected chi connectivity index (χ1v) is 8.14. The summed E-state index contributed by atoms with van der Waals surface area (Å²) in [5, 5.41) is 8.77. The van der Waals surface area contributed by atoms with E-state index in [1.807, 2.05) is 37.3 Å². The van der Waals surface area contributed by atoms with Crippen LogP contribution >= 0.6 is 11.3 Å². The van der Waals surface area contributed by atoms with Crippen LogP contribution in [0.3, 0.4) is 0 Å². The normalized spacial score (nSPS) is 10.4. The van der Waals surface area contributed by atoms with Crippen LogP contribution in [0.2, 0.25) is 0 Å². The molecule has 24 heavy (non-hydrogen) atoms. The number of amides is 3. The van der Waals surface area contributed by atoms with Crippen molar-refractivity contribution in [1.29, 1.82) is 0 Å². The highest BCUT2D eigenvalue weighted by Crippen LogP contribution is 2.28. The smallest absolute Gasteiger partial charge is 0.308 e. The van der Waals surface area contributed by atoms with Crippen LogP contribution in [0.25, 0.3) is 10.2 Å². The third-order valence-electron chi connectivity index (χ3n) is 3.20. The van der Waals surface area contributed by atoms with Crippen molar-refractivity contribution in [1.82, 2.24) is 4.98 Å². The Bertz CT molecular complexity index is 920. The Morgan fingerprint density at radius 3 is 2.46 bits per heavy atom. The third kappa shape index (κ3) is 3.88. The molecule has 2 aromatic carbocycles. The Hall–Kier alpha value is -2.93. The molecule has 3 rings (SSSR count). The largest absolute Gasteiger partial charge is 0.323 e. The Kier molecular flexibility index (Phi) is 4.43. The molecule has 0 unspecified atom stereocenters. The summed E-state index contributed by atoms with van der Waals surface area (Å²) in [6.45, 7) is 3.40. The van der Waals surface area contributed by atoms with Gasteiger partial charge < -0.3 is 16.0 Å². The molecule has 3 aromatic rings. The number of fused-ring (bicyclic) bond motifs is 1. The fourth-order valence-electron chi connectivity index (χ4n) is 2.23. The number of benzene rings is 2. The van der Waals surface area contributed by atoms with E-state index in [9.17, 15) is 9.59 Å². The first-order valence-electron chi connectivity index (χ1n) is 7.32. The van der Waals surface area contributed by atoms with E-state index < -0.39 is 0 Å². The summed E-state index contributed by atoms with van der Waals surface area (Å²) in [7, 11) is 0. The van der Waals surface area contributed by atoms with Gasteiger partial charge in [-0.05, 0) is 42.8 Å². The molecular formula is C17H16N4O2S. The fourth-order valence-corrected chi connectivity index (χ4v) is 3.12. The summed E-state index contributed by atoms with van der Waals surface area (Å²) in [4.78, 5) is 27.5. The molecule has 0 atom stereocenters. The summed E-state index contributed by atoms with van der Waals surface area (Å²) in [6, 6.07) is 12.7. The monoisotopic (exact) mass is 340 g/mol. The van der Waals surface area contributed by atoms with Gasteiger partial charge in [0.15, 0.2) is 5.13 Å². The summed E-state index contributed by atoms with van der Waals surface area (Å²) in [6.07, 6.45) is 0. The molecule has 0 aliphatic carbocycles. The Labute approximate surface area is 142 Å². The van der Waals surface area contributed by atoms with E-state index in [1.54, 1.807) is 12.1 Å². The van der Waals surface area contributed by atoms with E-state index in [2.05, 4.69) is 20.9 Å². The van der Waals surface area contributed by atoms with Gasteiger partial charge in [0, 0.05) is 18.3 Å². The van der Waals surface area contributed by atoms with Crippen molar-refractivity contribution >= 4 is 50.0 Å². The molecule has 0 aliphatic rings. The van der Waals surface area contributed by atoms with Crippen LogP contribution in [0.15, 0.2) is 42.5 Å². The average Bonchev–Trinajstić information content (AvgIpc) is 2.87. The lowest BCUT2D eigenvalue weighted by molar-refractivity contribution is -0.114. The molecule has 0 saturated heterocycles. The Morgan fingerprint density at radius 1 is 1.00 bits per heavy atom. The van der Waals surface area contributed by atoms with Crippen LogP contribution in [0, 0.1) is 6.92 Å². The first-order chi connectivity index (χ1) is 11.5. The minimum absolute atomic E-state index is 0.162. The van der Waals surface area contributed by atoms with Crippen molar-refractivity contribution in [3.63, 3.8) is 0 Å². The highest BCUT2D eigenvalue weighted by Gasteiger charge is 2.08. The van der Waals surface area contributed by atoms with Crippen LogP contribution in [-0.2, 0) is 4.79 Å². The molecule has 0 spiro atoms. The van der Waals surface area contributed by atoms with Crippen molar-refractivity contribution in [2.45, 2.75) is 13.8 Å². The zero-order valence-corrected chi connectivity index (χ0v) is 14.0. The molecule has 0 saturated carbocycles.